The molecule has 3 rings (SSSR count). The summed E-state index contributed by atoms with van der Waals surface area (Å²) in [6.07, 6.45) is 8.57. The lowest BCUT2D eigenvalue weighted by molar-refractivity contribution is 1.14. The van der Waals surface area contributed by atoms with Crippen LogP contribution in [0.3, 0.4) is 0 Å². The number of nitrogens with zero attached hydrogens (tertiary/aromatic N) is 4. The molecule has 0 amide bonds. The molecule has 0 radical (unpaired) electrons. The summed E-state index contributed by atoms with van der Waals surface area (Å²) in [4.78, 5) is 16.8. The second-order valence-corrected chi connectivity index (χ2v) is 4.07. The van der Waals surface area contributed by atoms with Crippen molar-refractivity contribution in [1.29, 1.82) is 0 Å². The molecule has 0 aliphatic heterocycles. The van der Waals surface area contributed by atoms with Gasteiger partial charge in [-0.05, 0) is 29.8 Å². The Balaban J connectivity index is 2.07. The van der Waals surface area contributed by atoms with Crippen molar-refractivity contribution in [1.82, 2.24) is 19.9 Å². The van der Waals surface area contributed by atoms with Crippen molar-refractivity contribution in [3.63, 3.8) is 0 Å². The van der Waals surface area contributed by atoms with Crippen LogP contribution < -0.4 is 11.3 Å². The smallest absolute Gasteiger partial charge is 0.161 e. The van der Waals surface area contributed by atoms with E-state index >= 15 is 0 Å². The van der Waals surface area contributed by atoms with Gasteiger partial charge in [-0.2, -0.15) is 0 Å². The predicted molar refractivity (Wildman–Crippen MR) is 76.3 cm³/mol. The average Bonchev–Trinajstić information content (AvgIpc) is 2.56. The van der Waals surface area contributed by atoms with Crippen molar-refractivity contribution in [3.8, 4) is 22.5 Å². The molecule has 0 unspecified atom stereocenters. The Bertz CT molecular complexity index is 699. The Morgan fingerprint density at radius 2 is 1.45 bits per heavy atom. The van der Waals surface area contributed by atoms with Crippen LogP contribution >= 0.6 is 0 Å². The fraction of sp³-hybridized carbons (Fsp3) is 0. The molecular weight excluding hydrogens is 252 g/mol. The molecule has 0 aliphatic carbocycles. The molecule has 6 nitrogen and oxygen atoms in total. The van der Waals surface area contributed by atoms with Crippen LogP contribution in [0, 0.1) is 0 Å². The zero-order valence-corrected chi connectivity index (χ0v) is 10.6. The maximum atomic E-state index is 5.57. The van der Waals surface area contributed by atoms with Crippen LogP contribution in [-0.4, -0.2) is 19.9 Å². The molecule has 0 fully saturated rings. The number of aromatic nitrogens is 4. The number of pyridine rings is 2. The van der Waals surface area contributed by atoms with Crippen molar-refractivity contribution in [3.05, 3.63) is 55.2 Å². The van der Waals surface area contributed by atoms with Gasteiger partial charge in [-0.25, -0.2) is 15.8 Å². The van der Waals surface area contributed by atoms with E-state index in [1.807, 2.05) is 24.3 Å². The van der Waals surface area contributed by atoms with Crippen LogP contribution in [0.2, 0.25) is 0 Å². The van der Waals surface area contributed by atoms with Gasteiger partial charge in [-0.3, -0.25) is 9.97 Å². The van der Waals surface area contributed by atoms with Crippen LogP contribution in [-0.2, 0) is 0 Å². The number of nitrogens with one attached hydrogen (secondary N) is 1. The number of hydrazine groups is 1. The second kappa shape index (κ2) is 5.41. The Morgan fingerprint density at radius 3 is 2.05 bits per heavy atom. The third-order valence-electron chi connectivity index (χ3n) is 2.86. The van der Waals surface area contributed by atoms with E-state index in [2.05, 4.69) is 25.4 Å². The molecule has 20 heavy (non-hydrogen) atoms. The minimum atomic E-state index is 0.568. The minimum Gasteiger partial charge on any atom is -0.308 e. The molecule has 6 heteroatoms. The van der Waals surface area contributed by atoms with Gasteiger partial charge in [0.2, 0.25) is 0 Å². The molecule has 0 bridgehead atoms. The topological polar surface area (TPSA) is 89.6 Å². The highest BCUT2D eigenvalue weighted by Gasteiger charge is 2.09. The molecule has 0 aliphatic rings. The lowest BCUT2D eigenvalue weighted by Crippen LogP contribution is -2.11. The van der Waals surface area contributed by atoms with E-state index < -0.39 is 0 Å². The molecule has 3 aromatic rings. The summed E-state index contributed by atoms with van der Waals surface area (Å²) in [5.74, 6) is 6.73. The van der Waals surface area contributed by atoms with E-state index in [1.165, 1.54) is 0 Å². The quantitative estimate of drug-likeness (QED) is 0.554. The number of nitrogens with two attached hydrogens (primary N) is 1. The third kappa shape index (κ3) is 2.32. The molecule has 0 atom stereocenters. The first-order chi connectivity index (χ1) is 9.88. The van der Waals surface area contributed by atoms with Crippen LogP contribution in [0.25, 0.3) is 22.5 Å². The highest BCUT2D eigenvalue weighted by molar-refractivity contribution is 5.75. The SMILES string of the molecule is NNc1nc(-c2ccncc2)ncc1-c1ccncc1. The van der Waals surface area contributed by atoms with Gasteiger partial charge in [0.05, 0.1) is 0 Å². The molecule has 0 spiro atoms. The van der Waals surface area contributed by atoms with Gasteiger partial charge in [0.1, 0.15) is 0 Å². The molecule has 0 aromatic carbocycles. The van der Waals surface area contributed by atoms with Gasteiger partial charge >= 0.3 is 0 Å². The summed E-state index contributed by atoms with van der Waals surface area (Å²) < 4.78 is 0. The Hall–Kier alpha value is -2.86. The number of nitrogen functional groups attached to an aromatic ring is 1. The number of rotatable bonds is 3. The summed E-state index contributed by atoms with van der Waals surface area (Å²) in [6.45, 7) is 0. The standard InChI is InChI=1S/C14H12N6/c15-20-14-12(10-1-5-16-6-2-10)9-18-13(19-14)11-3-7-17-8-4-11/h1-9H,15H2,(H,18,19,20). The van der Waals surface area contributed by atoms with Gasteiger partial charge in [0, 0.05) is 42.1 Å². The Labute approximate surface area is 115 Å². The largest absolute Gasteiger partial charge is 0.308 e. The zero-order valence-electron chi connectivity index (χ0n) is 10.6. The van der Waals surface area contributed by atoms with Crippen molar-refractivity contribution < 1.29 is 0 Å². The molecule has 3 N–H and O–H groups in total. The van der Waals surface area contributed by atoms with E-state index in [4.69, 9.17) is 5.84 Å². The van der Waals surface area contributed by atoms with Crippen LogP contribution in [0.4, 0.5) is 5.82 Å². The number of anilines is 1. The molecule has 0 saturated heterocycles. The summed E-state index contributed by atoms with van der Waals surface area (Å²) in [5, 5.41) is 0. The van der Waals surface area contributed by atoms with E-state index in [9.17, 15) is 0 Å². The maximum Gasteiger partial charge on any atom is 0.161 e. The Kier molecular flexibility index (Phi) is 3.30. The predicted octanol–water partition coefficient (Wildman–Crippen LogP) is 1.89. The lowest BCUT2D eigenvalue weighted by atomic mass is 10.1. The fourth-order valence-electron chi connectivity index (χ4n) is 1.87. The van der Waals surface area contributed by atoms with Gasteiger partial charge in [0.25, 0.3) is 0 Å². The van der Waals surface area contributed by atoms with E-state index in [0.29, 0.717) is 11.6 Å². The van der Waals surface area contributed by atoms with Gasteiger partial charge in [-0.1, -0.05) is 0 Å². The summed E-state index contributed by atoms with van der Waals surface area (Å²) in [6, 6.07) is 7.46. The third-order valence-corrected chi connectivity index (χ3v) is 2.86. The Morgan fingerprint density at radius 1 is 0.850 bits per heavy atom. The molecule has 3 heterocycles. The molecule has 3 aromatic heterocycles. The monoisotopic (exact) mass is 264 g/mol. The van der Waals surface area contributed by atoms with E-state index in [-0.39, 0.29) is 0 Å². The highest BCUT2D eigenvalue weighted by Crippen LogP contribution is 2.26. The lowest BCUT2D eigenvalue weighted by Gasteiger charge is -2.09. The van der Waals surface area contributed by atoms with Crippen molar-refractivity contribution in [2.75, 3.05) is 5.43 Å². The van der Waals surface area contributed by atoms with Crippen LogP contribution in [0.1, 0.15) is 0 Å². The maximum absolute atomic E-state index is 5.57. The summed E-state index contributed by atoms with van der Waals surface area (Å²) in [7, 11) is 0. The zero-order chi connectivity index (χ0) is 13.8. The first-order valence-corrected chi connectivity index (χ1v) is 6.03. The first-order valence-electron chi connectivity index (χ1n) is 6.03. The molecule has 98 valence electrons. The highest BCUT2D eigenvalue weighted by atomic mass is 15.3. The average molecular weight is 264 g/mol. The van der Waals surface area contributed by atoms with Gasteiger partial charge in [-0.15, -0.1) is 0 Å². The molecule has 0 saturated carbocycles. The van der Waals surface area contributed by atoms with Crippen LogP contribution in [0.5, 0.6) is 0 Å². The summed E-state index contributed by atoms with van der Waals surface area (Å²) >= 11 is 0. The minimum absolute atomic E-state index is 0.568. The fourth-order valence-corrected chi connectivity index (χ4v) is 1.87. The van der Waals surface area contributed by atoms with Crippen LogP contribution in [0.15, 0.2) is 55.2 Å². The van der Waals surface area contributed by atoms with E-state index in [0.717, 1.165) is 16.7 Å². The molecular formula is C14H12N6. The normalized spacial score (nSPS) is 10.2. The first kappa shape index (κ1) is 12.2. The number of hydrogen-bond acceptors (Lipinski definition) is 6. The van der Waals surface area contributed by atoms with Crippen molar-refractivity contribution in [2.45, 2.75) is 0 Å². The van der Waals surface area contributed by atoms with Crippen molar-refractivity contribution in [2.24, 2.45) is 5.84 Å². The van der Waals surface area contributed by atoms with Crippen molar-refractivity contribution >= 4 is 5.82 Å². The summed E-state index contributed by atoms with van der Waals surface area (Å²) in [5.41, 5.74) is 5.28. The van der Waals surface area contributed by atoms with E-state index in [1.54, 1.807) is 31.0 Å². The number of hydrogen-bond donors (Lipinski definition) is 2. The van der Waals surface area contributed by atoms with Gasteiger partial charge < -0.3 is 5.43 Å². The second-order valence-electron chi connectivity index (χ2n) is 4.07. The van der Waals surface area contributed by atoms with Gasteiger partial charge in [0.15, 0.2) is 11.6 Å².